The van der Waals surface area contributed by atoms with Crippen LogP contribution in [0.2, 0.25) is 0 Å². The molecule has 0 spiro atoms. The minimum Gasteiger partial charge on any atom is -0.290 e. The van der Waals surface area contributed by atoms with Gasteiger partial charge in [-0.05, 0) is 6.08 Å². The third-order valence-corrected chi connectivity index (χ3v) is 4.32. The summed E-state index contributed by atoms with van der Waals surface area (Å²) < 4.78 is 87.6. The van der Waals surface area contributed by atoms with Crippen molar-refractivity contribution in [3.8, 4) is 24.3 Å². The Balaban J connectivity index is 3.07. The molecular formula is C14H2F6N4O2. The van der Waals surface area contributed by atoms with Gasteiger partial charge in [-0.15, -0.1) is 0 Å². The molecule has 0 amide bonds. The van der Waals surface area contributed by atoms with Crippen molar-refractivity contribution >= 4 is 11.6 Å². The zero-order valence-electron chi connectivity index (χ0n) is 12.0. The van der Waals surface area contributed by atoms with Crippen LogP contribution in [0.4, 0.5) is 26.3 Å². The molecule has 26 heavy (non-hydrogen) atoms. The van der Waals surface area contributed by atoms with Gasteiger partial charge in [0, 0.05) is 5.57 Å². The lowest BCUT2D eigenvalue weighted by Gasteiger charge is -2.48. The maximum atomic E-state index is 15.3. The minimum absolute atomic E-state index is 0.176. The Bertz CT molecular complexity index is 956. The van der Waals surface area contributed by atoms with Gasteiger partial charge >= 0.3 is 11.3 Å². The fraction of sp³-hybridized carbons (Fsp3) is 0.429. The topological polar surface area (TPSA) is 129 Å². The summed E-state index contributed by atoms with van der Waals surface area (Å²) in [5, 5.41) is 34.8. The molecule has 0 aromatic carbocycles. The predicted octanol–water partition coefficient (Wildman–Crippen LogP) is 1.05. The molecule has 6 nitrogen and oxygen atoms in total. The van der Waals surface area contributed by atoms with Crippen LogP contribution in [-0.2, 0) is 9.59 Å². The Kier molecular flexibility index (Phi) is 3.52. The van der Waals surface area contributed by atoms with Gasteiger partial charge in [0.05, 0.1) is 0 Å². The number of rotatable bonds is 0. The van der Waals surface area contributed by atoms with E-state index in [0.717, 1.165) is 0 Å². The molecule has 0 aliphatic heterocycles. The van der Waals surface area contributed by atoms with E-state index in [1.54, 1.807) is 0 Å². The smallest absolute Gasteiger partial charge is 0.290 e. The van der Waals surface area contributed by atoms with E-state index in [1.165, 1.54) is 0 Å². The number of fused-ring (bicyclic) bond motifs is 1. The van der Waals surface area contributed by atoms with Crippen LogP contribution in [0.1, 0.15) is 0 Å². The highest BCUT2D eigenvalue weighted by molar-refractivity contribution is 6.23. The molecular weight excluding hydrogens is 370 g/mol. The molecule has 0 heterocycles. The number of Topliss-reactive ketones (excluding diaryl/α,β-unsaturated/α-hetero) is 2. The molecule has 2 aliphatic carbocycles. The molecule has 0 N–H and O–H groups in total. The van der Waals surface area contributed by atoms with E-state index in [1.807, 2.05) is 0 Å². The summed E-state index contributed by atoms with van der Waals surface area (Å²) in [5.74, 6) is -5.85. The second kappa shape index (κ2) is 4.83. The SMILES string of the molecule is N#CC1(F)C(=O)C2=CC(F)C(F)(C#N)C(F)(C#N)C2(F)C(=O)C1(F)C#N. The molecule has 0 aromatic rings. The average Bonchev–Trinajstić information content (AvgIpc) is 2.65. The third kappa shape index (κ3) is 1.46. The quantitative estimate of drug-likeness (QED) is 0.585. The van der Waals surface area contributed by atoms with Gasteiger partial charge < -0.3 is 0 Å². The van der Waals surface area contributed by atoms with Crippen molar-refractivity contribution in [2.45, 2.75) is 34.5 Å². The lowest BCUT2D eigenvalue weighted by Crippen LogP contribution is -2.79. The fourth-order valence-electron chi connectivity index (χ4n) is 2.80. The van der Waals surface area contributed by atoms with Crippen molar-refractivity contribution < 1.29 is 35.9 Å². The van der Waals surface area contributed by atoms with E-state index in [0.29, 0.717) is 12.1 Å². The Morgan fingerprint density at radius 1 is 0.846 bits per heavy atom. The van der Waals surface area contributed by atoms with Gasteiger partial charge in [-0.25, -0.2) is 26.3 Å². The highest BCUT2D eigenvalue weighted by atomic mass is 19.2. The lowest BCUT2D eigenvalue weighted by molar-refractivity contribution is -0.174. The summed E-state index contributed by atoms with van der Waals surface area (Å²) in [4.78, 5) is 24.1. The van der Waals surface area contributed by atoms with Crippen molar-refractivity contribution in [2.75, 3.05) is 0 Å². The zero-order chi connectivity index (χ0) is 20.3. The number of carbonyl (C=O) groups excluding carboxylic acids is 2. The summed E-state index contributed by atoms with van der Waals surface area (Å²) in [6.07, 6.45) is -4.09. The van der Waals surface area contributed by atoms with Crippen LogP contribution in [-0.4, -0.2) is 46.1 Å². The van der Waals surface area contributed by atoms with Crippen molar-refractivity contribution in [3.63, 3.8) is 0 Å². The summed E-state index contributed by atoms with van der Waals surface area (Å²) in [6.45, 7) is 0. The molecule has 6 unspecified atom stereocenters. The van der Waals surface area contributed by atoms with Crippen molar-refractivity contribution in [2.24, 2.45) is 0 Å². The summed E-state index contributed by atoms with van der Waals surface area (Å²) >= 11 is 0. The second-order valence-corrected chi connectivity index (χ2v) is 5.43. The van der Waals surface area contributed by atoms with Crippen molar-refractivity contribution in [3.05, 3.63) is 11.6 Å². The number of nitrogens with zero attached hydrogens (tertiary/aromatic N) is 4. The number of ketones is 2. The zero-order valence-corrected chi connectivity index (χ0v) is 12.0. The standard InChI is InChI=1S/C14H2F6N4O2/c15-7-1-6-8(25)11(17,3-22)12(18,4-23)9(26)14(6,20)13(19,5-24)10(7,16)2-21/h1,7H. The number of hydrogen-bond acceptors (Lipinski definition) is 6. The van der Waals surface area contributed by atoms with E-state index in [-0.39, 0.29) is 12.1 Å². The van der Waals surface area contributed by atoms with Gasteiger partial charge in [0.15, 0.2) is 6.17 Å². The van der Waals surface area contributed by atoms with Crippen LogP contribution in [0.15, 0.2) is 11.6 Å². The summed E-state index contributed by atoms with van der Waals surface area (Å²) in [6, 6.07) is 0.990. The summed E-state index contributed by atoms with van der Waals surface area (Å²) in [7, 11) is 0. The van der Waals surface area contributed by atoms with Gasteiger partial charge in [0.1, 0.15) is 24.3 Å². The van der Waals surface area contributed by atoms with Crippen LogP contribution in [0, 0.1) is 45.3 Å². The lowest BCUT2D eigenvalue weighted by atomic mass is 9.55. The molecule has 2 aliphatic rings. The fourth-order valence-corrected chi connectivity index (χ4v) is 2.80. The highest BCUT2D eigenvalue weighted by Crippen LogP contribution is 2.58. The molecule has 0 aromatic heterocycles. The van der Waals surface area contributed by atoms with Gasteiger partial charge in [-0.2, -0.15) is 21.0 Å². The Hall–Kier alpha value is -3.38. The first kappa shape index (κ1) is 19.0. The first-order valence-electron chi connectivity index (χ1n) is 6.38. The monoisotopic (exact) mass is 372 g/mol. The number of carbonyl (C=O) groups is 2. The number of nitriles is 4. The number of halogens is 6. The van der Waals surface area contributed by atoms with Gasteiger partial charge in [-0.3, -0.25) is 9.59 Å². The van der Waals surface area contributed by atoms with E-state index in [2.05, 4.69) is 0 Å². The van der Waals surface area contributed by atoms with Gasteiger partial charge in [0.25, 0.3) is 17.0 Å². The third-order valence-electron chi connectivity index (χ3n) is 4.32. The highest BCUT2D eigenvalue weighted by Gasteiger charge is 2.87. The molecule has 1 fully saturated rings. The normalized spacial score (nSPS) is 47.5. The molecule has 0 saturated heterocycles. The van der Waals surface area contributed by atoms with Gasteiger partial charge in [-0.1, -0.05) is 0 Å². The van der Waals surface area contributed by atoms with Crippen LogP contribution < -0.4 is 0 Å². The average molecular weight is 372 g/mol. The molecule has 132 valence electrons. The first-order chi connectivity index (χ1) is 11.8. The molecule has 1 saturated carbocycles. The molecule has 0 radical (unpaired) electrons. The van der Waals surface area contributed by atoms with Crippen LogP contribution in [0.3, 0.4) is 0 Å². The summed E-state index contributed by atoms with van der Waals surface area (Å²) in [5.41, 5.74) is -26.9. The Morgan fingerprint density at radius 3 is 1.73 bits per heavy atom. The first-order valence-corrected chi connectivity index (χ1v) is 6.38. The largest absolute Gasteiger partial charge is 0.311 e. The van der Waals surface area contributed by atoms with E-state index in [4.69, 9.17) is 21.0 Å². The number of hydrogen-bond donors (Lipinski definition) is 0. The Morgan fingerprint density at radius 2 is 1.35 bits per heavy atom. The van der Waals surface area contributed by atoms with Crippen LogP contribution in [0.5, 0.6) is 0 Å². The van der Waals surface area contributed by atoms with Crippen LogP contribution in [0.25, 0.3) is 0 Å². The number of alkyl halides is 6. The van der Waals surface area contributed by atoms with E-state index < -0.39 is 57.7 Å². The molecule has 12 heteroatoms. The van der Waals surface area contributed by atoms with E-state index >= 15 is 4.39 Å². The van der Waals surface area contributed by atoms with Crippen molar-refractivity contribution in [1.29, 1.82) is 21.0 Å². The predicted molar refractivity (Wildman–Crippen MR) is 64.6 cm³/mol. The molecule has 6 atom stereocenters. The molecule has 2 rings (SSSR count). The minimum atomic E-state index is -5.17. The Labute approximate surface area is 140 Å². The van der Waals surface area contributed by atoms with Gasteiger partial charge in [0.2, 0.25) is 11.6 Å². The molecule has 0 bridgehead atoms. The maximum absolute atomic E-state index is 15.3. The second-order valence-electron chi connectivity index (χ2n) is 5.43. The van der Waals surface area contributed by atoms with E-state index in [9.17, 15) is 31.5 Å². The van der Waals surface area contributed by atoms with Crippen LogP contribution >= 0.6 is 0 Å². The van der Waals surface area contributed by atoms with Crippen molar-refractivity contribution in [1.82, 2.24) is 0 Å². The maximum Gasteiger partial charge on any atom is 0.311 e. The number of allylic oxidation sites excluding steroid dienone is 2.